The minimum atomic E-state index is -0.445. The molecule has 1 heterocycles. The molecule has 20 heavy (non-hydrogen) atoms. The van der Waals surface area contributed by atoms with E-state index in [-0.39, 0.29) is 12.3 Å². The van der Waals surface area contributed by atoms with E-state index in [1.807, 2.05) is 24.3 Å². The second-order valence-electron chi connectivity index (χ2n) is 4.44. The molecule has 104 valence electrons. The fraction of sp³-hybridized carbons (Fsp3) is 0.214. The highest BCUT2D eigenvalue weighted by atomic mass is 16.6. The van der Waals surface area contributed by atoms with E-state index in [0.717, 1.165) is 11.1 Å². The highest BCUT2D eigenvalue weighted by Gasteiger charge is 2.11. The summed E-state index contributed by atoms with van der Waals surface area (Å²) in [5.41, 5.74) is 2.49. The van der Waals surface area contributed by atoms with Gasteiger partial charge in [-0.2, -0.15) is 0 Å². The number of benzene rings is 1. The number of nitrogens with one attached hydrogen (secondary N) is 1. The highest BCUT2D eigenvalue weighted by Crippen LogP contribution is 2.19. The number of anilines is 1. The van der Waals surface area contributed by atoms with Crippen molar-refractivity contribution in [1.29, 1.82) is 0 Å². The van der Waals surface area contributed by atoms with Crippen molar-refractivity contribution < 1.29 is 10.0 Å². The Bertz CT molecular complexity index is 612. The minimum absolute atomic E-state index is 0.0165. The molecular formula is C14H15N3O3. The maximum atomic E-state index is 10.7. The van der Waals surface area contributed by atoms with Crippen LogP contribution in [0, 0.1) is 17.0 Å². The predicted octanol–water partition coefficient (Wildman–Crippen LogP) is 2.40. The van der Waals surface area contributed by atoms with Crippen LogP contribution in [0.15, 0.2) is 36.5 Å². The van der Waals surface area contributed by atoms with Crippen molar-refractivity contribution in [2.75, 3.05) is 5.32 Å². The number of nitrogens with zero attached hydrogens (tertiary/aromatic N) is 2. The van der Waals surface area contributed by atoms with Crippen molar-refractivity contribution in [3.8, 4) is 0 Å². The third-order valence-corrected chi connectivity index (χ3v) is 2.96. The number of nitro groups is 1. The minimum Gasteiger partial charge on any atom is -0.392 e. The molecule has 0 aliphatic heterocycles. The van der Waals surface area contributed by atoms with Crippen molar-refractivity contribution in [2.45, 2.75) is 20.1 Å². The second kappa shape index (κ2) is 6.12. The van der Waals surface area contributed by atoms with Gasteiger partial charge in [-0.3, -0.25) is 10.1 Å². The smallest absolute Gasteiger partial charge is 0.290 e. The van der Waals surface area contributed by atoms with E-state index in [9.17, 15) is 10.1 Å². The molecule has 0 radical (unpaired) electrons. The second-order valence-corrected chi connectivity index (χ2v) is 4.44. The van der Waals surface area contributed by atoms with E-state index in [1.165, 1.54) is 6.20 Å². The number of aryl methyl sites for hydroxylation is 1. The van der Waals surface area contributed by atoms with Crippen molar-refractivity contribution in [3.63, 3.8) is 0 Å². The summed E-state index contributed by atoms with van der Waals surface area (Å²) in [7, 11) is 0. The average Bonchev–Trinajstić information content (AvgIpc) is 2.45. The van der Waals surface area contributed by atoms with Gasteiger partial charge in [0.25, 0.3) is 5.69 Å². The van der Waals surface area contributed by atoms with Gasteiger partial charge >= 0.3 is 0 Å². The van der Waals surface area contributed by atoms with E-state index in [2.05, 4.69) is 10.3 Å². The van der Waals surface area contributed by atoms with E-state index in [0.29, 0.717) is 17.9 Å². The van der Waals surface area contributed by atoms with Crippen LogP contribution in [0.1, 0.15) is 16.7 Å². The van der Waals surface area contributed by atoms with Crippen LogP contribution in [0.4, 0.5) is 11.5 Å². The van der Waals surface area contributed by atoms with Crippen LogP contribution >= 0.6 is 0 Å². The Labute approximate surface area is 116 Å². The molecule has 1 aromatic carbocycles. The number of rotatable bonds is 5. The Hall–Kier alpha value is -2.47. The molecule has 2 rings (SSSR count). The van der Waals surface area contributed by atoms with Crippen LogP contribution in [0.3, 0.4) is 0 Å². The maximum Gasteiger partial charge on any atom is 0.290 e. The van der Waals surface area contributed by atoms with Gasteiger partial charge in [0.15, 0.2) is 0 Å². The van der Waals surface area contributed by atoms with Crippen LogP contribution < -0.4 is 5.32 Å². The van der Waals surface area contributed by atoms with E-state index in [1.54, 1.807) is 13.0 Å². The van der Waals surface area contributed by atoms with Crippen molar-refractivity contribution in [2.24, 2.45) is 0 Å². The van der Waals surface area contributed by atoms with Gasteiger partial charge in [-0.05, 0) is 24.1 Å². The summed E-state index contributed by atoms with van der Waals surface area (Å²) in [5.74, 6) is 0.597. The monoisotopic (exact) mass is 273 g/mol. The first kappa shape index (κ1) is 14.0. The third-order valence-electron chi connectivity index (χ3n) is 2.96. The molecule has 2 aromatic rings. The quantitative estimate of drug-likeness (QED) is 0.645. The van der Waals surface area contributed by atoms with Crippen molar-refractivity contribution in [1.82, 2.24) is 4.98 Å². The summed E-state index contributed by atoms with van der Waals surface area (Å²) in [5, 5.41) is 22.8. The molecule has 0 saturated carbocycles. The topological polar surface area (TPSA) is 88.3 Å². The zero-order valence-electron chi connectivity index (χ0n) is 11.0. The average molecular weight is 273 g/mol. The number of aliphatic hydroxyl groups is 1. The van der Waals surface area contributed by atoms with Gasteiger partial charge in [-0.1, -0.05) is 24.3 Å². The summed E-state index contributed by atoms with van der Waals surface area (Å²) in [6.45, 7) is 2.27. The summed E-state index contributed by atoms with van der Waals surface area (Å²) in [6, 6.07) is 9.19. The first-order valence-corrected chi connectivity index (χ1v) is 6.13. The van der Waals surface area contributed by atoms with Gasteiger partial charge in [0.05, 0.1) is 11.5 Å². The summed E-state index contributed by atoms with van der Waals surface area (Å²) >= 11 is 0. The van der Waals surface area contributed by atoms with E-state index < -0.39 is 4.92 Å². The van der Waals surface area contributed by atoms with Crippen molar-refractivity contribution in [3.05, 3.63) is 63.3 Å². The largest absolute Gasteiger partial charge is 0.392 e. The standard InChI is InChI=1S/C14H15N3O3/c1-10-6-14(16-8-13(10)17(19)20)15-7-11-2-4-12(9-18)5-3-11/h2-6,8,18H,7,9H2,1H3,(H,15,16). The normalized spacial score (nSPS) is 10.3. The van der Waals surface area contributed by atoms with E-state index in [4.69, 9.17) is 5.11 Å². The molecular weight excluding hydrogens is 258 g/mol. The van der Waals surface area contributed by atoms with Crippen LogP contribution in [0.5, 0.6) is 0 Å². The number of aromatic nitrogens is 1. The highest BCUT2D eigenvalue weighted by molar-refractivity contribution is 5.47. The lowest BCUT2D eigenvalue weighted by atomic mass is 10.1. The molecule has 0 aliphatic rings. The Morgan fingerprint density at radius 3 is 2.50 bits per heavy atom. The third kappa shape index (κ3) is 3.30. The molecule has 0 bridgehead atoms. The molecule has 1 aromatic heterocycles. The molecule has 0 fully saturated rings. The Morgan fingerprint density at radius 2 is 1.95 bits per heavy atom. The SMILES string of the molecule is Cc1cc(NCc2ccc(CO)cc2)ncc1[N+](=O)[O-]. The number of aliphatic hydroxyl groups excluding tert-OH is 1. The maximum absolute atomic E-state index is 10.7. The lowest BCUT2D eigenvalue weighted by Crippen LogP contribution is -2.03. The van der Waals surface area contributed by atoms with Crippen molar-refractivity contribution >= 4 is 11.5 Å². The first-order chi connectivity index (χ1) is 9.60. The molecule has 0 spiro atoms. The van der Waals surface area contributed by atoms with Gasteiger partial charge in [0.2, 0.25) is 0 Å². The predicted molar refractivity (Wildman–Crippen MR) is 75.3 cm³/mol. The zero-order valence-corrected chi connectivity index (χ0v) is 11.0. The van der Waals surface area contributed by atoms with Crippen LogP contribution in [-0.4, -0.2) is 15.0 Å². The Kier molecular flexibility index (Phi) is 4.27. The molecule has 0 amide bonds. The number of pyridine rings is 1. The van der Waals surface area contributed by atoms with Gasteiger partial charge in [-0.15, -0.1) is 0 Å². The Balaban J connectivity index is 2.03. The number of hydrogen-bond donors (Lipinski definition) is 2. The summed E-state index contributed by atoms with van der Waals surface area (Å²) < 4.78 is 0. The first-order valence-electron chi connectivity index (χ1n) is 6.13. The fourth-order valence-corrected chi connectivity index (χ4v) is 1.79. The Morgan fingerprint density at radius 1 is 1.30 bits per heavy atom. The molecule has 0 saturated heterocycles. The summed E-state index contributed by atoms with van der Waals surface area (Å²) in [4.78, 5) is 14.3. The van der Waals surface area contributed by atoms with E-state index >= 15 is 0 Å². The number of hydrogen-bond acceptors (Lipinski definition) is 5. The van der Waals surface area contributed by atoms with Gasteiger partial charge in [0.1, 0.15) is 12.0 Å². The van der Waals surface area contributed by atoms with Gasteiger partial charge in [0, 0.05) is 12.1 Å². The molecule has 0 unspecified atom stereocenters. The van der Waals surface area contributed by atoms with Gasteiger partial charge < -0.3 is 10.4 Å². The van der Waals surface area contributed by atoms with Crippen LogP contribution in [0.25, 0.3) is 0 Å². The van der Waals surface area contributed by atoms with Crippen LogP contribution in [-0.2, 0) is 13.2 Å². The zero-order chi connectivity index (χ0) is 14.5. The lowest BCUT2D eigenvalue weighted by molar-refractivity contribution is -0.385. The fourth-order valence-electron chi connectivity index (χ4n) is 1.79. The van der Waals surface area contributed by atoms with Gasteiger partial charge in [-0.25, -0.2) is 4.98 Å². The van der Waals surface area contributed by atoms with Crippen LogP contribution in [0.2, 0.25) is 0 Å². The molecule has 0 aliphatic carbocycles. The summed E-state index contributed by atoms with van der Waals surface area (Å²) in [6.07, 6.45) is 1.26. The molecule has 2 N–H and O–H groups in total. The molecule has 0 atom stereocenters. The molecule has 6 nitrogen and oxygen atoms in total. The lowest BCUT2D eigenvalue weighted by Gasteiger charge is -2.07. The molecule has 6 heteroatoms.